The van der Waals surface area contributed by atoms with Crippen molar-refractivity contribution < 1.29 is 8.42 Å². The van der Waals surface area contributed by atoms with Gasteiger partial charge < -0.3 is 0 Å². The van der Waals surface area contributed by atoms with Crippen LogP contribution in [0.2, 0.25) is 0 Å². The van der Waals surface area contributed by atoms with Crippen molar-refractivity contribution in [1.82, 2.24) is 10.2 Å². The van der Waals surface area contributed by atoms with Crippen LogP contribution >= 0.6 is 0 Å². The maximum Gasteiger partial charge on any atom is 0.267 e. The molecule has 0 aliphatic carbocycles. The van der Waals surface area contributed by atoms with Crippen molar-refractivity contribution in [2.75, 3.05) is 4.31 Å². The van der Waals surface area contributed by atoms with Crippen molar-refractivity contribution in [3.05, 3.63) is 41.7 Å². The van der Waals surface area contributed by atoms with Crippen LogP contribution in [0.4, 0.5) is 5.69 Å². The number of hydrogen-bond acceptors (Lipinski definition) is 3. The molecular formula is C14H17N3O2S. The minimum absolute atomic E-state index is 0.0517. The van der Waals surface area contributed by atoms with Crippen LogP contribution in [0, 0.1) is 6.92 Å². The number of H-pyrrole nitrogens is 1. The largest absolute Gasteiger partial charge is 0.281 e. The first-order valence-electron chi connectivity index (χ1n) is 6.64. The van der Waals surface area contributed by atoms with E-state index in [-0.39, 0.29) is 10.9 Å². The van der Waals surface area contributed by atoms with E-state index in [1.165, 1.54) is 10.5 Å². The molecule has 106 valence electrons. The molecule has 1 N–H and O–H groups in total. The fourth-order valence-corrected chi connectivity index (χ4v) is 4.58. The van der Waals surface area contributed by atoms with E-state index in [1.807, 2.05) is 31.2 Å². The van der Waals surface area contributed by atoms with Crippen LogP contribution in [0.15, 0.2) is 35.4 Å². The molecule has 2 heterocycles. The number of nitrogens with one attached hydrogen (secondary N) is 1. The molecule has 1 aliphatic rings. The Hall–Kier alpha value is -1.82. The zero-order valence-electron chi connectivity index (χ0n) is 11.5. The van der Waals surface area contributed by atoms with Gasteiger partial charge >= 0.3 is 0 Å². The number of rotatable bonds is 2. The van der Waals surface area contributed by atoms with E-state index in [1.54, 1.807) is 6.92 Å². The highest BCUT2D eigenvalue weighted by atomic mass is 32.2. The number of nitrogens with zero attached hydrogens (tertiary/aromatic N) is 2. The highest BCUT2D eigenvalue weighted by Gasteiger charge is 2.35. The maximum atomic E-state index is 12.9. The summed E-state index contributed by atoms with van der Waals surface area (Å²) in [6.45, 7) is 3.67. The highest BCUT2D eigenvalue weighted by molar-refractivity contribution is 7.93. The average molecular weight is 291 g/mol. The summed E-state index contributed by atoms with van der Waals surface area (Å²) < 4.78 is 27.3. The number of aryl methyl sites for hydroxylation is 2. The van der Waals surface area contributed by atoms with E-state index in [0.717, 1.165) is 24.1 Å². The second-order valence-electron chi connectivity index (χ2n) is 5.18. The number of para-hydroxylation sites is 1. The van der Waals surface area contributed by atoms with Crippen LogP contribution in [0.1, 0.15) is 24.6 Å². The van der Waals surface area contributed by atoms with Gasteiger partial charge in [0, 0.05) is 6.04 Å². The molecule has 0 fully saturated rings. The van der Waals surface area contributed by atoms with E-state index in [9.17, 15) is 8.42 Å². The van der Waals surface area contributed by atoms with Crippen LogP contribution in [0.3, 0.4) is 0 Å². The molecule has 1 unspecified atom stereocenters. The summed E-state index contributed by atoms with van der Waals surface area (Å²) in [4.78, 5) is 0.251. The van der Waals surface area contributed by atoms with Crippen molar-refractivity contribution in [3.63, 3.8) is 0 Å². The van der Waals surface area contributed by atoms with Gasteiger partial charge in [0.2, 0.25) is 0 Å². The van der Waals surface area contributed by atoms with Crippen LogP contribution in [-0.2, 0) is 16.4 Å². The number of anilines is 1. The quantitative estimate of drug-likeness (QED) is 0.923. The van der Waals surface area contributed by atoms with Gasteiger partial charge in [-0.05, 0) is 38.3 Å². The van der Waals surface area contributed by atoms with Crippen LogP contribution in [0.5, 0.6) is 0 Å². The van der Waals surface area contributed by atoms with Crippen molar-refractivity contribution in [3.8, 4) is 0 Å². The first-order valence-corrected chi connectivity index (χ1v) is 8.08. The lowest BCUT2D eigenvalue weighted by Gasteiger charge is -2.35. The molecule has 6 heteroatoms. The minimum Gasteiger partial charge on any atom is -0.281 e. The van der Waals surface area contributed by atoms with E-state index < -0.39 is 10.0 Å². The van der Waals surface area contributed by atoms with Gasteiger partial charge in [0.1, 0.15) is 4.90 Å². The average Bonchev–Trinajstić information content (AvgIpc) is 2.85. The normalized spacial score (nSPS) is 18.9. The molecule has 3 rings (SSSR count). The van der Waals surface area contributed by atoms with Gasteiger partial charge in [-0.2, -0.15) is 5.10 Å². The Morgan fingerprint density at radius 3 is 2.80 bits per heavy atom. The molecule has 2 aromatic rings. The summed E-state index contributed by atoms with van der Waals surface area (Å²) in [6.07, 6.45) is 3.12. The standard InChI is InChI=1S/C14H17N3O2S/c1-10-7-8-12-5-3-4-6-13(12)17(10)20(18,19)14-9-15-16-11(14)2/h3-6,9-10H,7-8H2,1-2H3,(H,15,16). The third-order valence-corrected chi connectivity index (χ3v) is 5.82. The van der Waals surface area contributed by atoms with Gasteiger partial charge in [0.15, 0.2) is 0 Å². The van der Waals surface area contributed by atoms with E-state index in [0.29, 0.717) is 5.69 Å². The van der Waals surface area contributed by atoms with Gasteiger partial charge in [-0.25, -0.2) is 8.42 Å². The summed E-state index contributed by atoms with van der Waals surface area (Å²) >= 11 is 0. The second-order valence-corrected chi connectivity index (χ2v) is 6.96. The summed E-state index contributed by atoms with van der Waals surface area (Å²) in [5.41, 5.74) is 2.43. The molecule has 1 aromatic heterocycles. The van der Waals surface area contributed by atoms with Crippen molar-refractivity contribution in [2.24, 2.45) is 0 Å². The molecule has 0 radical (unpaired) electrons. The van der Waals surface area contributed by atoms with Gasteiger partial charge in [-0.3, -0.25) is 9.40 Å². The first-order chi connectivity index (χ1) is 9.51. The Morgan fingerprint density at radius 2 is 2.10 bits per heavy atom. The summed E-state index contributed by atoms with van der Waals surface area (Å²) in [5, 5.41) is 6.53. The third kappa shape index (κ3) is 1.91. The molecule has 0 saturated heterocycles. The zero-order valence-corrected chi connectivity index (χ0v) is 12.3. The molecule has 0 bridgehead atoms. The predicted octanol–water partition coefficient (Wildman–Crippen LogP) is 2.25. The van der Waals surface area contributed by atoms with Gasteiger partial charge in [-0.1, -0.05) is 18.2 Å². The zero-order chi connectivity index (χ0) is 14.3. The molecule has 20 heavy (non-hydrogen) atoms. The van der Waals surface area contributed by atoms with Crippen molar-refractivity contribution in [1.29, 1.82) is 0 Å². The van der Waals surface area contributed by atoms with E-state index in [4.69, 9.17) is 0 Å². The maximum absolute atomic E-state index is 12.9. The molecule has 1 atom stereocenters. The Morgan fingerprint density at radius 1 is 1.35 bits per heavy atom. The topological polar surface area (TPSA) is 66.1 Å². The Kier molecular flexibility index (Phi) is 3.05. The van der Waals surface area contributed by atoms with E-state index in [2.05, 4.69) is 10.2 Å². The molecule has 5 nitrogen and oxygen atoms in total. The van der Waals surface area contributed by atoms with Gasteiger partial charge in [-0.15, -0.1) is 0 Å². The SMILES string of the molecule is Cc1[nH]ncc1S(=O)(=O)N1c2ccccc2CCC1C. The number of aromatic amines is 1. The van der Waals surface area contributed by atoms with E-state index >= 15 is 0 Å². The highest BCUT2D eigenvalue weighted by Crippen LogP contribution is 2.35. The number of aromatic nitrogens is 2. The minimum atomic E-state index is -3.57. The van der Waals surface area contributed by atoms with Crippen LogP contribution in [-0.4, -0.2) is 24.7 Å². The lowest BCUT2D eigenvalue weighted by Crippen LogP contribution is -2.42. The van der Waals surface area contributed by atoms with Crippen LogP contribution < -0.4 is 4.31 Å². The molecule has 0 saturated carbocycles. The van der Waals surface area contributed by atoms with Crippen molar-refractivity contribution >= 4 is 15.7 Å². The molecule has 0 amide bonds. The number of hydrogen-bond donors (Lipinski definition) is 1. The second kappa shape index (κ2) is 4.63. The third-order valence-electron chi connectivity index (χ3n) is 3.78. The van der Waals surface area contributed by atoms with Gasteiger partial charge in [0.25, 0.3) is 10.0 Å². The fourth-order valence-electron chi connectivity index (χ4n) is 2.73. The number of benzene rings is 1. The Balaban J connectivity index is 2.17. The lowest BCUT2D eigenvalue weighted by atomic mass is 9.99. The first kappa shape index (κ1) is 13.2. The smallest absolute Gasteiger partial charge is 0.267 e. The van der Waals surface area contributed by atoms with Crippen LogP contribution in [0.25, 0.3) is 0 Å². The monoisotopic (exact) mass is 291 g/mol. The molecule has 1 aliphatic heterocycles. The Labute approximate surface area is 118 Å². The number of fused-ring (bicyclic) bond motifs is 1. The van der Waals surface area contributed by atoms with Gasteiger partial charge in [0.05, 0.1) is 17.6 Å². The predicted molar refractivity (Wildman–Crippen MR) is 77.2 cm³/mol. The fraction of sp³-hybridized carbons (Fsp3) is 0.357. The lowest BCUT2D eigenvalue weighted by molar-refractivity contribution is 0.562. The number of sulfonamides is 1. The molecule has 1 aromatic carbocycles. The van der Waals surface area contributed by atoms with Crippen molar-refractivity contribution in [2.45, 2.75) is 37.6 Å². The summed E-state index contributed by atoms with van der Waals surface area (Å²) in [6, 6.07) is 7.64. The molecular weight excluding hydrogens is 274 g/mol. The summed E-state index contributed by atoms with van der Waals surface area (Å²) in [7, 11) is -3.57. The summed E-state index contributed by atoms with van der Waals surface area (Å²) in [5.74, 6) is 0. The molecule has 0 spiro atoms. The Bertz CT molecular complexity index is 736.